The highest BCUT2D eigenvalue weighted by Crippen LogP contribution is 2.39. The Morgan fingerprint density at radius 2 is 1.57 bits per heavy atom. The number of imide groups is 1. The first-order valence-electron chi connectivity index (χ1n) is 12.4. The van der Waals surface area contributed by atoms with E-state index in [4.69, 9.17) is 9.15 Å². The standard InChI is InChI=1S/C31H22N2O7/c1-16(34)17-3-5-18(6-4-17)19-8-11-26-24(14-19)32-28(40-26)20-9-12-27(39-2)25(15-20)33-29(35)22-10-7-21(31(37)38)13-23(22)30(33)36/h3-16,34H,1-2H3,(H,37,38). The van der Waals surface area contributed by atoms with Gasteiger partial charge < -0.3 is 19.4 Å². The summed E-state index contributed by atoms with van der Waals surface area (Å²) in [6, 6.07) is 22.0. The molecule has 6 rings (SSSR count). The summed E-state index contributed by atoms with van der Waals surface area (Å²) in [7, 11) is 1.42. The number of rotatable bonds is 6. The smallest absolute Gasteiger partial charge is 0.335 e. The molecule has 1 unspecified atom stereocenters. The number of hydrogen-bond donors (Lipinski definition) is 2. The maximum atomic E-state index is 13.3. The molecule has 0 spiro atoms. The van der Waals surface area contributed by atoms with Crippen molar-refractivity contribution in [3.05, 3.63) is 101 Å². The summed E-state index contributed by atoms with van der Waals surface area (Å²) in [5.41, 5.74) is 4.60. The number of methoxy groups -OCH3 is 1. The fourth-order valence-electron chi connectivity index (χ4n) is 4.77. The molecule has 0 bridgehead atoms. The van der Waals surface area contributed by atoms with E-state index in [0.29, 0.717) is 16.7 Å². The van der Waals surface area contributed by atoms with Gasteiger partial charge in [0.15, 0.2) is 5.58 Å². The van der Waals surface area contributed by atoms with Crippen molar-refractivity contribution < 1.29 is 33.8 Å². The predicted octanol–water partition coefficient (Wildman–Crippen LogP) is 5.72. The summed E-state index contributed by atoms with van der Waals surface area (Å²) in [5.74, 6) is -1.88. The van der Waals surface area contributed by atoms with Crippen LogP contribution in [0.15, 0.2) is 83.3 Å². The van der Waals surface area contributed by atoms with Gasteiger partial charge in [-0.15, -0.1) is 0 Å². The molecule has 2 heterocycles. The van der Waals surface area contributed by atoms with E-state index in [1.165, 1.54) is 25.3 Å². The fraction of sp³-hybridized carbons (Fsp3) is 0.0968. The highest BCUT2D eigenvalue weighted by atomic mass is 16.5. The summed E-state index contributed by atoms with van der Waals surface area (Å²) < 4.78 is 11.5. The number of amides is 2. The Balaban J connectivity index is 1.37. The molecule has 9 heteroatoms. The van der Waals surface area contributed by atoms with Gasteiger partial charge in [-0.2, -0.15) is 0 Å². The van der Waals surface area contributed by atoms with Crippen molar-refractivity contribution in [2.75, 3.05) is 12.0 Å². The number of carboxylic acid groups (broad SMARTS) is 1. The Hall–Kier alpha value is -5.28. The van der Waals surface area contributed by atoms with Crippen LogP contribution in [0.3, 0.4) is 0 Å². The molecule has 0 radical (unpaired) electrons. The third kappa shape index (κ3) is 4.09. The SMILES string of the molecule is COc1ccc(-c2nc3cc(-c4ccc(C(C)O)cc4)ccc3o2)cc1N1C(=O)c2ccc(C(=O)O)cc2C1=O. The van der Waals surface area contributed by atoms with Crippen molar-refractivity contribution in [3.8, 4) is 28.3 Å². The topological polar surface area (TPSA) is 130 Å². The molecular formula is C31H22N2O7. The van der Waals surface area contributed by atoms with Crippen molar-refractivity contribution >= 4 is 34.6 Å². The maximum absolute atomic E-state index is 13.3. The molecule has 1 aliphatic heterocycles. The second-order valence-electron chi connectivity index (χ2n) is 9.40. The minimum absolute atomic E-state index is 0.00762. The van der Waals surface area contributed by atoms with Crippen LogP contribution in [-0.2, 0) is 0 Å². The first kappa shape index (κ1) is 25.0. The number of oxazole rings is 1. The molecule has 2 N–H and O–H groups in total. The van der Waals surface area contributed by atoms with Gasteiger partial charge in [0.2, 0.25) is 5.89 Å². The van der Waals surface area contributed by atoms with Crippen molar-refractivity contribution in [1.82, 2.24) is 4.98 Å². The Morgan fingerprint density at radius 1 is 0.875 bits per heavy atom. The Morgan fingerprint density at radius 3 is 2.27 bits per heavy atom. The monoisotopic (exact) mass is 534 g/mol. The van der Waals surface area contributed by atoms with E-state index in [1.807, 2.05) is 42.5 Å². The van der Waals surface area contributed by atoms with Gasteiger partial charge in [0.25, 0.3) is 11.8 Å². The zero-order chi connectivity index (χ0) is 28.1. The highest BCUT2D eigenvalue weighted by molar-refractivity contribution is 6.35. The molecule has 0 saturated carbocycles. The molecule has 0 aliphatic carbocycles. The first-order valence-corrected chi connectivity index (χ1v) is 12.4. The molecule has 2 amide bonds. The van der Waals surface area contributed by atoms with Crippen LogP contribution in [0.2, 0.25) is 0 Å². The second kappa shape index (κ2) is 9.48. The number of carboxylic acids is 1. The van der Waals surface area contributed by atoms with Gasteiger partial charge in [-0.1, -0.05) is 30.3 Å². The number of hydrogen-bond acceptors (Lipinski definition) is 7. The molecule has 40 heavy (non-hydrogen) atoms. The summed E-state index contributed by atoms with van der Waals surface area (Å²) in [5, 5.41) is 19.1. The van der Waals surface area contributed by atoms with Gasteiger partial charge in [-0.05, 0) is 72.1 Å². The lowest BCUT2D eigenvalue weighted by Gasteiger charge is -2.18. The van der Waals surface area contributed by atoms with Crippen LogP contribution in [0.4, 0.5) is 5.69 Å². The molecule has 9 nitrogen and oxygen atoms in total. The van der Waals surface area contributed by atoms with Gasteiger partial charge in [0.1, 0.15) is 11.3 Å². The quantitative estimate of drug-likeness (QED) is 0.265. The normalized spacial score (nSPS) is 13.5. The van der Waals surface area contributed by atoms with E-state index in [1.54, 1.807) is 25.1 Å². The average Bonchev–Trinajstić information content (AvgIpc) is 3.50. The van der Waals surface area contributed by atoms with Crippen molar-refractivity contribution in [3.63, 3.8) is 0 Å². The van der Waals surface area contributed by atoms with Crippen LogP contribution >= 0.6 is 0 Å². The van der Waals surface area contributed by atoms with E-state index >= 15 is 0 Å². The molecular weight excluding hydrogens is 512 g/mol. The van der Waals surface area contributed by atoms with E-state index in [-0.39, 0.29) is 34.0 Å². The summed E-state index contributed by atoms with van der Waals surface area (Å²) >= 11 is 0. The van der Waals surface area contributed by atoms with E-state index in [9.17, 15) is 24.6 Å². The lowest BCUT2D eigenvalue weighted by molar-refractivity contribution is 0.0696. The molecule has 4 aromatic carbocycles. The van der Waals surface area contributed by atoms with E-state index in [2.05, 4.69) is 4.98 Å². The van der Waals surface area contributed by atoms with Crippen molar-refractivity contribution in [2.24, 2.45) is 0 Å². The molecule has 1 aromatic heterocycles. The molecule has 198 valence electrons. The van der Waals surface area contributed by atoms with E-state index < -0.39 is 23.9 Å². The molecule has 1 aliphatic rings. The van der Waals surface area contributed by atoms with Gasteiger partial charge in [-0.25, -0.2) is 14.7 Å². The number of nitrogens with zero attached hydrogens (tertiary/aromatic N) is 2. The van der Waals surface area contributed by atoms with Crippen LogP contribution in [0.25, 0.3) is 33.7 Å². The first-order chi connectivity index (χ1) is 19.2. The number of fused-ring (bicyclic) bond motifs is 2. The van der Waals surface area contributed by atoms with E-state index in [0.717, 1.165) is 21.6 Å². The molecule has 1 atom stereocenters. The summed E-state index contributed by atoms with van der Waals surface area (Å²) in [4.78, 5) is 43.5. The van der Waals surface area contributed by atoms with Crippen molar-refractivity contribution in [2.45, 2.75) is 13.0 Å². The molecule has 0 fully saturated rings. The lowest BCUT2D eigenvalue weighted by atomic mass is 10.0. The zero-order valence-corrected chi connectivity index (χ0v) is 21.4. The number of aliphatic hydroxyl groups is 1. The van der Waals surface area contributed by atoms with Gasteiger partial charge in [0, 0.05) is 5.56 Å². The minimum atomic E-state index is -1.20. The van der Waals surface area contributed by atoms with Gasteiger partial charge in [-0.3, -0.25) is 9.59 Å². The molecule has 5 aromatic rings. The number of carbonyl (C=O) groups is 3. The largest absolute Gasteiger partial charge is 0.495 e. The number of benzene rings is 4. The maximum Gasteiger partial charge on any atom is 0.335 e. The fourth-order valence-corrected chi connectivity index (χ4v) is 4.77. The minimum Gasteiger partial charge on any atom is -0.495 e. The predicted molar refractivity (Wildman–Crippen MR) is 147 cm³/mol. The van der Waals surface area contributed by atoms with Crippen LogP contribution in [0.1, 0.15) is 49.7 Å². The van der Waals surface area contributed by atoms with Crippen LogP contribution < -0.4 is 9.64 Å². The number of carbonyl (C=O) groups excluding carboxylic acids is 2. The average molecular weight is 535 g/mol. The number of anilines is 1. The Bertz CT molecular complexity index is 1840. The lowest BCUT2D eigenvalue weighted by Crippen LogP contribution is -2.29. The number of ether oxygens (including phenoxy) is 1. The number of aromatic carboxylic acids is 1. The van der Waals surface area contributed by atoms with Gasteiger partial charge in [0.05, 0.1) is 35.6 Å². The zero-order valence-electron chi connectivity index (χ0n) is 21.4. The molecule has 0 saturated heterocycles. The third-order valence-corrected chi connectivity index (χ3v) is 6.91. The van der Waals surface area contributed by atoms with Crippen LogP contribution in [-0.4, -0.2) is 40.1 Å². The van der Waals surface area contributed by atoms with Crippen molar-refractivity contribution in [1.29, 1.82) is 0 Å². The van der Waals surface area contributed by atoms with Gasteiger partial charge >= 0.3 is 5.97 Å². The Labute approximate surface area is 227 Å². The van der Waals surface area contributed by atoms with Crippen LogP contribution in [0.5, 0.6) is 5.75 Å². The Kier molecular flexibility index (Phi) is 5.93. The van der Waals surface area contributed by atoms with Crippen LogP contribution in [0, 0.1) is 0 Å². The summed E-state index contributed by atoms with van der Waals surface area (Å²) in [6.45, 7) is 1.71. The number of aliphatic hydroxyl groups excluding tert-OH is 1. The second-order valence-corrected chi connectivity index (χ2v) is 9.40. The highest BCUT2D eigenvalue weighted by Gasteiger charge is 2.39. The number of aromatic nitrogens is 1. The summed E-state index contributed by atoms with van der Waals surface area (Å²) in [6.07, 6.45) is -0.549. The third-order valence-electron chi connectivity index (χ3n) is 6.91.